The van der Waals surface area contributed by atoms with E-state index in [-0.39, 0.29) is 24.4 Å². The van der Waals surface area contributed by atoms with Crippen molar-refractivity contribution in [1.29, 1.82) is 5.26 Å². The number of isocyanates is 1. The number of carbonyl (C=O) groups is 3. The first-order valence-corrected chi connectivity index (χ1v) is 16.5. The number of hydrogen-bond acceptors (Lipinski definition) is 11. The Morgan fingerprint density at radius 2 is 1.19 bits per heavy atom. The van der Waals surface area contributed by atoms with Crippen molar-refractivity contribution in [2.45, 2.75) is 109 Å². The van der Waals surface area contributed by atoms with Gasteiger partial charge in [-0.3, -0.25) is 4.79 Å². The summed E-state index contributed by atoms with van der Waals surface area (Å²) < 4.78 is 26.1. The zero-order valence-electron chi connectivity index (χ0n) is 27.3. The summed E-state index contributed by atoms with van der Waals surface area (Å²) in [6.07, 6.45) is 17.3. The van der Waals surface area contributed by atoms with Crippen LogP contribution in [-0.4, -0.2) is 43.3 Å². The van der Waals surface area contributed by atoms with E-state index in [1.54, 1.807) is 30.5 Å². The first-order chi connectivity index (χ1) is 22.9. The highest BCUT2D eigenvalue weighted by molar-refractivity contribution is 5.75. The molecule has 0 saturated carbocycles. The summed E-state index contributed by atoms with van der Waals surface area (Å²) in [7, 11) is 0. The average Bonchev–Trinajstić information content (AvgIpc) is 3.06. The molecule has 2 aromatic rings. The van der Waals surface area contributed by atoms with Crippen LogP contribution in [0.2, 0.25) is 0 Å². The maximum Gasteiger partial charge on any atom is 0.337 e. The lowest BCUT2D eigenvalue weighted by Gasteiger charge is -2.18. The minimum Gasteiger partial charge on any atom is -0.461 e. The molecule has 2 rings (SSSR count). The van der Waals surface area contributed by atoms with Gasteiger partial charge in [-0.1, -0.05) is 64.7 Å². The fourth-order valence-corrected chi connectivity index (χ4v) is 4.81. The van der Waals surface area contributed by atoms with Gasteiger partial charge in [0.25, 0.3) is 6.26 Å². The lowest BCUT2D eigenvalue weighted by Crippen LogP contribution is -2.24. The molecule has 0 spiro atoms. The van der Waals surface area contributed by atoms with Crippen LogP contribution < -0.4 is 14.2 Å². The molecule has 254 valence electrons. The van der Waals surface area contributed by atoms with Gasteiger partial charge in [-0.05, 0) is 80.6 Å². The molecule has 0 saturated heterocycles. The molecule has 0 aliphatic carbocycles. The Hall–Kier alpha value is -4.52. The number of unbranched alkanes of at least 4 members (excludes halogenated alkanes) is 10. The van der Waals surface area contributed by atoms with Crippen LogP contribution in [0, 0.1) is 11.5 Å². The quantitative estimate of drug-likeness (QED) is 0.0260. The molecule has 0 aliphatic heterocycles. The first kappa shape index (κ1) is 38.7. The van der Waals surface area contributed by atoms with Crippen LogP contribution >= 0.6 is 0 Å². The number of esters is 3. The zero-order chi connectivity index (χ0) is 34.0. The summed E-state index contributed by atoms with van der Waals surface area (Å²) in [5.74, 6) is -0.404. The number of rotatable bonds is 25. The molecule has 1 atom stereocenters. The third kappa shape index (κ3) is 18.9. The number of ether oxygens (including phenoxy) is 5. The predicted molar refractivity (Wildman–Crippen MR) is 174 cm³/mol. The molecule has 0 radical (unpaired) electrons. The van der Waals surface area contributed by atoms with Gasteiger partial charge in [0.15, 0.2) is 0 Å². The van der Waals surface area contributed by atoms with Crippen molar-refractivity contribution in [3.63, 3.8) is 0 Å². The predicted octanol–water partition coefficient (Wildman–Crippen LogP) is 7.82. The highest BCUT2D eigenvalue weighted by atomic mass is 16.6. The molecule has 0 bridgehead atoms. The number of aliphatic imine (C=N–C) groups is 1. The second kappa shape index (κ2) is 24.7. The van der Waals surface area contributed by atoms with Crippen LogP contribution in [-0.2, 0) is 28.7 Å². The summed E-state index contributed by atoms with van der Waals surface area (Å²) >= 11 is 0. The van der Waals surface area contributed by atoms with E-state index in [0.29, 0.717) is 23.6 Å². The van der Waals surface area contributed by atoms with Crippen LogP contribution in [0.15, 0.2) is 53.5 Å². The lowest BCUT2D eigenvalue weighted by molar-refractivity contribution is -0.157. The van der Waals surface area contributed by atoms with Gasteiger partial charge in [0.05, 0.1) is 5.69 Å². The topological polar surface area (TPSA) is 151 Å². The maximum absolute atomic E-state index is 12.4. The third-order valence-corrected chi connectivity index (χ3v) is 7.24. The van der Waals surface area contributed by atoms with Gasteiger partial charge in [-0.25, -0.2) is 14.4 Å². The Balaban J connectivity index is 1.55. The Labute approximate surface area is 277 Å². The van der Waals surface area contributed by atoms with Crippen LogP contribution in [0.5, 0.6) is 17.2 Å². The summed E-state index contributed by atoms with van der Waals surface area (Å²) in [6.45, 7) is 1.42. The van der Waals surface area contributed by atoms with Crippen molar-refractivity contribution < 1.29 is 42.9 Å². The number of nitrogens with zero attached hydrogens (tertiary/aromatic N) is 2. The monoisotopic (exact) mass is 650 g/mol. The fourth-order valence-electron chi connectivity index (χ4n) is 4.81. The second-order valence-corrected chi connectivity index (χ2v) is 11.1. The summed E-state index contributed by atoms with van der Waals surface area (Å²) in [6, 6.07) is 12.3. The number of carbonyl (C=O) groups excluding carboxylic acids is 4. The van der Waals surface area contributed by atoms with Crippen molar-refractivity contribution >= 4 is 29.7 Å². The van der Waals surface area contributed by atoms with Gasteiger partial charge in [-0.2, -0.15) is 4.99 Å². The smallest absolute Gasteiger partial charge is 0.337 e. The first-order valence-electron chi connectivity index (χ1n) is 16.5. The Kier molecular flexibility index (Phi) is 20.3. The molecular weight excluding hydrogens is 604 g/mol. The molecule has 2 aromatic carbocycles. The highest BCUT2D eigenvalue weighted by Crippen LogP contribution is 2.20. The molecule has 11 nitrogen and oxygen atoms in total. The minimum absolute atomic E-state index is 0.174. The van der Waals surface area contributed by atoms with E-state index in [0.717, 1.165) is 89.9 Å². The number of nitriles is 1. The van der Waals surface area contributed by atoms with Crippen molar-refractivity contribution in [1.82, 2.24) is 0 Å². The molecule has 0 heterocycles. The van der Waals surface area contributed by atoms with E-state index in [1.807, 2.05) is 0 Å². The van der Waals surface area contributed by atoms with Gasteiger partial charge in [0.1, 0.15) is 36.6 Å². The number of hydrogen-bond donors (Lipinski definition) is 0. The molecule has 0 N–H and O–H groups in total. The van der Waals surface area contributed by atoms with Crippen LogP contribution in [0.3, 0.4) is 0 Å². The summed E-state index contributed by atoms with van der Waals surface area (Å²) in [5, 5.41) is 8.52. The molecule has 0 aliphatic rings. The summed E-state index contributed by atoms with van der Waals surface area (Å²) in [4.78, 5) is 50.3. The van der Waals surface area contributed by atoms with E-state index < -0.39 is 18.5 Å². The molecule has 11 heteroatoms. The van der Waals surface area contributed by atoms with Crippen molar-refractivity contribution in [2.75, 3.05) is 13.2 Å². The summed E-state index contributed by atoms with van der Waals surface area (Å²) in [5.41, 5.74) is 0.458. The largest absolute Gasteiger partial charge is 0.461 e. The van der Waals surface area contributed by atoms with Crippen molar-refractivity contribution in [3.8, 4) is 23.5 Å². The lowest BCUT2D eigenvalue weighted by atomic mass is 10.0. The van der Waals surface area contributed by atoms with Gasteiger partial charge in [-0.15, -0.1) is 5.26 Å². The Morgan fingerprint density at radius 3 is 1.79 bits per heavy atom. The van der Waals surface area contributed by atoms with Crippen LogP contribution in [0.25, 0.3) is 0 Å². The van der Waals surface area contributed by atoms with E-state index in [9.17, 15) is 19.2 Å². The third-order valence-electron chi connectivity index (χ3n) is 7.24. The van der Waals surface area contributed by atoms with E-state index in [2.05, 4.69) is 16.7 Å². The molecule has 0 aromatic heterocycles. The Bertz CT molecular complexity index is 1280. The SMILES string of the molecule is CCCCCC[C@H](CCCCCCCCCCC(=O)Oc1ccc(N=C=O)cc1)OC(=O)COCC(=O)Oc1ccc(OC#N)cc1. The van der Waals surface area contributed by atoms with E-state index in [1.165, 1.54) is 30.3 Å². The standard InChI is InChI=1S/C36H46N2O9/c1-2-3-4-11-14-31(46-35(41)25-43-26-36(42)47-33-23-21-30(22-24-33)44-27-37)15-12-9-7-5-6-8-10-13-16-34(40)45-32-19-17-29(18-20-32)38-28-39/h17-24,31H,2-16,25-26H2,1H3/t31-/m1/s1. The van der Waals surface area contributed by atoms with Crippen LogP contribution in [0.4, 0.5) is 5.69 Å². The van der Waals surface area contributed by atoms with Crippen molar-refractivity contribution in [2.24, 2.45) is 4.99 Å². The Morgan fingerprint density at radius 1 is 0.681 bits per heavy atom. The van der Waals surface area contributed by atoms with Crippen LogP contribution in [0.1, 0.15) is 103 Å². The normalized spacial score (nSPS) is 11.1. The maximum atomic E-state index is 12.4. The zero-order valence-corrected chi connectivity index (χ0v) is 27.3. The molecular formula is C36H46N2O9. The van der Waals surface area contributed by atoms with Gasteiger partial charge in [0, 0.05) is 6.42 Å². The molecule has 0 unspecified atom stereocenters. The van der Waals surface area contributed by atoms with Gasteiger partial charge in [0.2, 0.25) is 6.08 Å². The van der Waals surface area contributed by atoms with Gasteiger partial charge < -0.3 is 23.7 Å². The second-order valence-electron chi connectivity index (χ2n) is 11.1. The fraction of sp³-hybridized carbons (Fsp3) is 0.528. The molecule has 0 amide bonds. The average molecular weight is 651 g/mol. The van der Waals surface area contributed by atoms with E-state index >= 15 is 0 Å². The van der Waals surface area contributed by atoms with E-state index in [4.69, 9.17) is 24.2 Å². The van der Waals surface area contributed by atoms with Crippen molar-refractivity contribution in [3.05, 3.63) is 48.5 Å². The molecule has 47 heavy (non-hydrogen) atoms. The minimum atomic E-state index is -0.656. The van der Waals surface area contributed by atoms with Gasteiger partial charge >= 0.3 is 17.9 Å². The number of benzene rings is 2. The molecule has 0 fully saturated rings. The highest BCUT2D eigenvalue weighted by Gasteiger charge is 2.16.